The van der Waals surface area contributed by atoms with Crippen molar-refractivity contribution in [1.29, 1.82) is 0 Å². The van der Waals surface area contributed by atoms with Gasteiger partial charge in [-0.1, -0.05) is 0 Å². The fourth-order valence-corrected chi connectivity index (χ4v) is 0.508. The molecular formula is C4H4N2OS+. The van der Waals surface area contributed by atoms with Crippen molar-refractivity contribution in [2.45, 2.75) is 0 Å². The lowest BCUT2D eigenvalue weighted by Crippen LogP contribution is -2.03. The first-order chi connectivity index (χ1) is 3.79. The quantitative estimate of drug-likeness (QED) is 0.446. The second kappa shape index (κ2) is 2.00. The van der Waals surface area contributed by atoms with Crippen molar-refractivity contribution in [3.05, 3.63) is 12.3 Å². The van der Waals surface area contributed by atoms with E-state index in [0.717, 1.165) is 0 Å². The molecule has 1 heterocycles. The van der Waals surface area contributed by atoms with E-state index in [0.29, 0.717) is 0 Å². The Labute approximate surface area is 51.9 Å². The molecule has 41 valence electrons. The molecule has 1 rings (SSSR count). The third-order valence-electron chi connectivity index (χ3n) is 0.628. The molecular weight excluding hydrogens is 124 g/mol. The molecule has 0 spiro atoms. The summed E-state index contributed by atoms with van der Waals surface area (Å²) in [4.78, 5) is 7.12. The van der Waals surface area contributed by atoms with Crippen molar-refractivity contribution < 1.29 is 5.11 Å². The number of hydrogen-bond donors (Lipinski definition) is 2. The minimum atomic E-state index is -0.0509. The molecule has 0 bridgehead atoms. The van der Waals surface area contributed by atoms with Crippen LogP contribution in [-0.2, 0) is 0 Å². The normalized spacial score (nSPS) is 17.6. The van der Waals surface area contributed by atoms with Gasteiger partial charge in [-0.3, -0.25) is 0 Å². The highest BCUT2D eigenvalue weighted by molar-refractivity contribution is 7.96. The summed E-state index contributed by atoms with van der Waals surface area (Å²) in [6, 6.07) is 0. The molecule has 1 radical (unpaired) electrons. The molecule has 0 aromatic rings. The van der Waals surface area contributed by atoms with E-state index in [1.807, 2.05) is 0 Å². The number of aliphatic hydroxyl groups is 1. The van der Waals surface area contributed by atoms with Crippen LogP contribution in [0, 0.1) is 0 Å². The first-order valence-corrected chi connectivity index (χ1v) is 2.45. The van der Waals surface area contributed by atoms with Crippen LogP contribution in [0.15, 0.2) is 17.3 Å². The Morgan fingerprint density at radius 3 is 2.88 bits per heavy atom. The maximum atomic E-state index is 8.61. The molecule has 0 unspecified atom stereocenters. The van der Waals surface area contributed by atoms with E-state index < -0.39 is 0 Å². The Balaban J connectivity index is 2.89. The monoisotopic (exact) mass is 128 g/mol. The van der Waals surface area contributed by atoms with E-state index in [1.165, 1.54) is 12.3 Å². The van der Waals surface area contributed by atoms with Crippen LogP contribution in [-0.4, -0.2) is 16.2 Å². The van der Waals surface area contributed by atoms with E-state index in [1.54, 1.807) is 0 Å². The average Bonchev–Trinajstić information content (AvgIpc) is 1.64. The lowest BCUT2D eigenvalue weighted by molar-refractivity contribution is 0.558. The Hall–Kier alpha value is -0.770. The van der Waals surface area contributed by atoms with Gasteiger partial charge in [-0.05, 0) is 17.6 Å². The third kappa shape index (κ3) is 1.10. The lowest BCUT2D eigenvalue weighted by atomic mass is 10.6. The van der Waals surface area contributed by atoms with Gasteiger partial charge in [0.1, 0.15) is 6.20 Å². The van der Waals surface area contributed by atoms with Crippen LogP contribution < -0.4 is 4.99 Å². The summed E-state index contributed by atoms with van der Waals surface area (Å²) >= 11 is 3.77. The zero-order chi connectivity index (χ0) is 5.98. The second-order valence-electron chi connectivity index (χ2n) is 1.21. The molecule has 0 aliphatic carbocycles. The van der Waals surface area contributed by atoms with Crippen molar-refractivity contribution in [3.8, 4) is 0 Å². The molecule has 4 heteroatoms. The van der Waals surface area contributed by atoms with Crippen LogP contribution >= 0.6 is 12.6 Å². The number of thiol groups is 1. The van der Waals surface area contributed by atoms with E-state index >= 15 is 0 Å². The number of hydrogen-bond acceptors (Lipinski definition) is 2. The topological polar surface area (TPSA) is 46.7 Å². The number of aliphatic imine (C=N–C) groups is 2. The number of amidine groups is 1. The summed E-state index contributed by atoms with van der Waals surface area (Å²) in [6.45, 7) is 0. The Kier molecular flexibility index (Phi) is 1.34. The molecule has 0 amide bonds. The molecule has 0 saturated carbocycles. The highest BCUT2D eigenvalue weighted by Gasteiger charge is 2.08. The van der Waals surface area contributed by atoms with Gasteiger partial charge in [0.25, 0.3) is 0 Å². The molecule has 0 atom stereocenters. The number of aliphatic hydroxyl groups excluding tert-OH is 1. The summed E-state index contributed by atoms with van der Waals surface area (Å²) in [7, 11) is 0. The SMILES string of the molecule is OC1=NC(S)=[N+]C=C1. The van der Waals surface area contributed by atoms with Crippen LogP contribution in [0.1, 0.15) is 0 Å². The molecule has 3 nitrogen and oxygen atoms in total. The molecule has 0 aromatic carbocycles. The first kappa shape index (κ1) is 5.37. The van der Waals surface area contributed by atoms with Gasteiger partial charge in [-0.25, -0.2) is 0 Å². The second-order valence-corrected chi connectivity index (χ2v) is 1.61. The summed E-state index contributed by atoms with van der Waals surface area (Å²) in [5, 5.41) is 8.90. The minimum absolute atomic E-state index is 0.0509. The zero-order valence-corrected chi connectivity index (χ0v) is 4.84. The molecule has 0 saturated heterocycles. The highest BCUT2D eigenvalue weighted by atomic mass is 32.1. The average molecular weight is 128 g/mol. The summed E-state index contributed by atoms with van der Waals surface area (Å²) < 4.78 is 0. The molecule has 1 aliphatic rings. The van der Waals surface area contributed by atoms with Crippen molar-refractivity contribution >= 4 is 23.7 Å². The van der Waals surface area contributed by atoms with Gasteiger partial charge in [0.05, 0.1) is 6.08 Å². The van der Waals surface area contributed by atoms with Gasteiger partial charge in [-0.15, -0.1) is 0 Å². The van der Waals surface area contributed by atoms with Gasteiger partial charge >= 0.3 is 11.1 Å². The Bertz CT molecular complexity index is 180. The predicted molar refractivity (Wildman–Crippen MR) is 35.3 cm³/mol. The summed E-state index contributed by atoms with van der Waals surface area (Å²) in [5.74, 6) is -0.0509. The van der Waals surface area contributed by atoms with Crippen molar-refractivity contribution in [1.82, 2.24) is 4.99 Å². The van der Waals surface area contributed by atoms with E-state index in [9.17, 15) is 0 Å². The van der Waals surface area contributed by atoms with Crippen molar-refractivity contribution in [2.75, 3.05) is 0 Å². The van der Waals surface area contributed by atoms with Gasteiger partial charge in [0, 0.05) is 4.99 Å². The van der Waals surface area contributed by atoms with Crippen molar-refractivity contribution in [2.24, 2.45) is 4.99 Å². The fourth-order valence-electron chi connectivity index (χ4n) is 0.339. The Morgan fingerprint density at radius 1 is 1.75 bits per heavy atom. The van der Waals surface area contributed by atoms with E-state index in [4.69, 9.17) is 5.11 Å². The van der Waals surface area contributed by atoms with Gasteiger partial charge in [0.15, 0.2) is 0 Å². The summed E-state index contributed by atoms with van der Waals surface area (Å²) in [5.41, 5.74) is 0. The van der Waals surface area contributed by atoms with Gasteiger partial charge in [-0.2, -0.15) is 0 Å². The van der Waals surface area contributed by atoms with Gasteiger partial charge in [0.2, 0.25) is 0 Å². The predicted octanol–water partition coefficient (Wildman–Crippen LogP) is 0.0918. The molecule has 1 N–H and O–H groups in total. The molecule has 0 aromatic heterocycles. The van der Waals surface area contributed by atoms with Crippen LogP contribution in [0.2, 0.25) is 0 Å². The largest absolute Gasteiger partial charge is 0.475 e. The van der Waals surface area contributed by atoms with E-state index in [-0.39, 0.29) is 11.1 Å². The van der Waals surface area contributed by atoms with Crippen LogP contribution in [0.25, 0.3) is 0 Å². The zero-order valence-electron chi connectivity index (χ0n) is 3.94. The first-order valence-electron chi connectivity index (χ1n) is 2.00. The summed E-state index contributed by atoms with van der Waals surface area (Å²) in [6.07, 6.45) is 2.82. The molecule has 8 heavy (non-hydrogen) atoms. The van der Waals surface area contributed by atoms with Crippen molar-refractivity contribution in [3.63, 3.8) is 0 Å². The smallest absolute Gasteiger partial charge is 0.401 e. The molecule has 0 fully saturated rings. The number of rotatable bonds is 0. The lowest BCUT2D eigenvalue weighted by Gasteiger charge is -1.80. The maximum absolute atomic E-state index is 8.61. The maximum Gasteiger partial charge on any atom is 0.401 e. The fraction of sp³-hybridized carbons (Fsp3) is 0. The van der Waals surface area contributed by atoms with E-state index in [2.05, 4.69) is 22.6 Å². The standard InChI is InChI=1S/C4H4N2OS/c7-3-1-2-5-4(8)6-3/h1-2H,(H2,6,7,8)/q+1. The van der Waals surface area contributed by atoms with Crippen LogP contribution in [0.5, 0.6) is 0 Å². The molecule has 1 aliphatic heterocycles. The Morgan fingerprint density at radius 2 is 2.50 bits per heavy atom. The highest BCUT2D eigenvalue weighted by Crippen LogP contribution is 1.88. The van der Waals surface area contributed by atoms with Crippen LogP contribution in [0.4, 0.5) is 0 Å². The van der Waals surface area contributed by atoms with Gasteiger partial charge < -0.3 is 5.11 Å². The minimum Gasteiger partial charge on any atom is -0.475 e. The number of nitrogens with zero attached hydrogens (tertiary/aromatic N) is 2. The third-order valence-corrected chi connectivity index (χ3v) is 0.844. The van der Waals surface area contributed by atoms with Crippen LogP contribution in [0.3, 0.4) is 0 Å².